The Labute approximate surface area is 134 Å². The van der Waals surface area contributed by atoms with Crippen molar-refractivity contribution in [1.29, 1.82) is 0 Å². The molecule has 0 saturated heterocycles. The Morgan fingerprint density at radius 1 is 1.21 bits per heavy atom. The smallest absolute Gasteiger partial charge is 0.127 e. The molecule has 1 aromatic carbocycles. The van der Waals surface area contributed by atoms with Gasteiger partial charge >= 0.3 is 0 Å². The van der Waals surface area contributed by atoms with E-state index in [1.165, 1.54) is 11.3 Å². The first-order chi connectivity index (χ1) is 9.08. The van der Waals surface area contributed by atoms with Crippen molar-refractivity contribution < 1.29 is 9.47 Å². The lowest BCUT2D eigenvalue weighted by atomic mass is 10.1. The van der Waals surface area contributed by atoms with Gasteiger partial charge in [-0.2, -0.15) is 0 Å². The van der Waals surface area contributed by atoms with Crippen LogP contribution in [0.1, 0.15) is 15.8 Å². The summed E-state index contributed by atoms with van der Waals surface area (Å²) in [6.45, 7) is 0. The molecular weight excluding hydrogens is 371 g/mol. The number of benzene rings is 1. The third-order valence-electron chi connectivity index (χ3n) is 2.63. The second-order valence-corrected chi connectivity index (χ2v) is 6.69. The van der Waals surface area contributed by atoms with E-state index in [0.717, 1.165) is 14.9 Å². The van der Waals surface area contributed by atoms with Crippen molar-refractivity contribution >= 4 is 50.5 Å². The minimum absolute atomic E-state index is 0.375. The Hall–Kier alpha value is -0.420. The summed E-state index contributed by atoms with van der Waals surface area (Å²) in [5.41, 5.74) is 0.805. The van der Waals surface area contributed by atoms with Gasteiger partial charge in [0.1, 0.15) is 21.2 Å². The van der Waals surface area contributed by atoms with E-state index in [0.29, 0.717) is 15.8 Å². The predicted octanol–water partition coefficient (Wildman–Crippen LogP) is 5.51. The predicted molar refractivity (Wildman–Crippen MR) is 84.3 cm³/mol. The first-order valence-corrected chi connectivity index (χ1v) is 7.80. The van der Waals surface area contributed by atoms with Gasteiger partial charge in [-0.1, -0.05) is 17.7 Å². The zero-order valence-electron chi connectivity index (χ0n) is 10.2. The summed E-state index contributed by atoms with van der Waals surface area (Å²) in [7, 11) is 3.22. The Kier molecular flexibility index (Phi) is 5.01. The molecule has 2 aromatic rings. The van der Waals surface area contributed by atoms with Crippen LogP contribution < -0.4 is 9.47 Å². The molecule has 1 atom stereocenters. The molecule has 0 aliphatic carbocycles. The Morgan fingerprint density at radius 3 is 2.21 bits per heavy atom. The number of thiophene rings is 1. The maximum Gasteiger partial charge on any atom is 0.127 e. The van der Waals surface area contributed by atoms with Crippen molar-refractivity contribution in [3.63, 3.8) is 0 Å². The van der Waals surface area contributed by atoms with Gasteiger partial charge in [-0.05, 0) is 34.1 Å². The highest BCUT2D eigenvalue weighted by Crippen LogP contribution is 2.45. The minimum Gasteiger partial charge on any atom is -0.496 e. The normalized spacial score (nSPS) is 12.3. The number of hydrogen-bond donors (Lipinski definition) is 0. The summed E-state index contributed by atoms with van der Waals surface area (Å²) in [5, 5.41) is -0.375. The molecule has 1 aromatic heterocycles. The number of rotatable bonds is 4. The number of ether oxygens (including phenoxy) is 2. The van der Waals surface area contributed by atoms with Crippen LogP contribution in [0.3, 0.4) is 0 Å². The molecule has 0 bridgehead atoms. The Bertz CT molecular complexity index is 544. The van der Waals surface area contributed by atoms with Gasteiger partial charge in [0.15, 0.2) is 0 Å². The number of alkyl halides is 1. The van der Waals surface area contributed by atoms with Crippen LogP contribution >= 0.6 is 50.5 Å². The van der Waals surface area contributed by atoms with Crippen molar-refractivity contribution in [3.8, 4) is 11.5 Å². The van der Waals surface area contributed by atoms with Crippen molar-refractivity contribution in [2.75, 3.05) is 14.2 Å². The molecule has 0 radical (unpaired) electrons. The van der Waals surface area contributed by atoms with Crippen LogP contribution in [0.25, 0.3) is 0 Å². The average molecular weight is 382 g/mol. The first-order valence-electron chi connectivity index (χ1n) is 5.38. The molecule has 19 heavy (non-hydrogen) atoms. The fourth-order valence-corrected chi connectivity index (χ4v) is 3.90. The molecule has 2 nitrogen and oxygen atoms in total. The number of hydrogen-bond acceptors (Lipinski definition) is 3. The quantitative estimate of drug-likeness (QED) is 0.650. The second kappa shape index (κ2) is 6.35. The van der Waals surface area contributed by atoms with Crippen LogP contribution in [0.5, 0.6) is 11.5 Å². The van der Waals surface area contributed by atoms with E-state index < -0.39 is 0 Å². The van der Waals surface area contributed by atoms with Gasteiger partial charge in [0.05, 0.1) is 19.8 Å². The van der Waals surface area contributed by atoms with E-state index in [4.69, 9.17) is 32.7 Å². The molecule has 1 heterocycles. The van der Waals surface area contributed by atoms with Gasteiger partial charge in [0.2, 0.25) is 0 Å². The summed E-state index contributed by atoms with van der Waals surface area (Å²) in [5.74, 6) is 1.39. The fraction of sp³-hybridized carbons (Fsp3) is 0.231. The van der Waals surface area contributed by atoms with Crippen LogP contribution in [-0.4, -0.2) is 14.2 Å². The van der Waals surface area contributed by atoms with Gasteiger partial charge in [-0.3, -0.25) is 0 Å². The van der Waals surface area contributed by atoms with E-state index >= 15 is 0 Å². The van der Waals surface area contributed by atoms with Crippen molar-refractivity contribution in [2.24, 2.45) is 0 Å². The average Bonchev–Trinajstić information content (AvgIpc) is 2.76. The van der Waals surface area contributed by atoms with Crippen molar-refractivity contribution in [3.05, 3.63) is 43.5 Å². The molecular formula is C13H11BrCl2O2S. The number of methoxy groups -OCH3 is 2. The molecule has 0 spiro atoms. The van der Waals surface area contributed by atoms with E-state index in [2.05, 4.69) is 15.9 Å². The zero-order chi connectivity index (χ0) is 14.0. The summed E-state index contributed by atoms with van der Waals surface area (Å²) in [4.78, 5) is 0.932. The molecule has 0 aliphatic heterocycles. The summed E-state index contributed by atoms with van der Waals surface area (Å²) in [6, 6.07) is 7.49. The van der Waals surface area contributed by atoms with Crippen LogP contribution in [0.15, 0.2) is 28.7 Å². The molecule has 0 saturated carbocycles. The zero-order valence-corrected chi connectivity index (χ0v) is 14.2. The Morgan fingerprint density at radius 2 is 1.79 bits per heavy atom. The summed E-state index contributed by atoms with van der Waals surface area (Å²) in [6.07, 6.45) is 0. The lowest BCUT2D eigenvalue weighted by Gasteiger charge is -2.16. The van der Waals surface area contributed by atoms with Gasteiger partial charge < -0.3 is 9.47 Å². The van der Waals surface area contributed by atoms with Gasteiger partial charge in [-0.15, -0.1) is 22.9 Å². The standard InChI is InChI=1S/C13H11BrCl2O2S/c1-17-8-4-3-5-9(18-2)11(8)12(15)10-6-7(14)13(16)19-10/h3-6,12H,1-2H3. The van der Waals surface area contributed by atoms with E-state index in [9.17, 15) is 0 Å². The number of halogens is 3. The molecule has 6 heteroatoms. The van der Waals surface area contributed by atoms with Gasteiger partial charge in [0.25, 0.3) is 0 Å². The lowest BCUT2D eigenvalue weighted by molar-refractivity contribution is 0.386. The first kappa shape index (κ1) is 15.0. The minimum atomic E-state index is -0.375. The van der Waals surface area contributed by atoms with E-state index in [-0.39, 0.29) is 5.38 Å². The van der Waals surface area contributed by atoms with E-state index in [1.54, 1.807) is 14.2 Å². The maximum absolute atomic E-state index is 6.56. The molecule has 0 aliphatic rings. The Balaban J connectivity index is 2.50. The maximum atomic E-state index is 6.56. The van der Waals surface area contributed by atoms with Gasteiger partial charge in [0, 0.05) is 9.35 Å². The highest BCUT2D eigenvalue weighted by molar-refractivity contribution is 9.10. The molecule has 0 N–H and O–H groups in total. The monoisotopic (exact) mass is 380 g/mol. The van der Waals surface area contributed by atoms with Crippen molar-refractivity contribution in [2.45, 2.75) is 5.38 Å². The summed E-state index contributed by atoms with van der Waals surface area (Å²) >= 11 is 17.4. The van der Waals surface area contributed by atoms with Crippen LogP contribution in [0.2, 0.25) is 4.34 Å². The largest absolute Gasteiger partial charge is 0.496 e. The second-order valence-electron chi connectivity index (χ2n) is 3.71. The molecule has 0 fully saturated rings. The summed E-state index contributed by atoms with van der Waals surface area (Å²) < 4.78 is 12.2. The third kappa shape index (κ3) is 3.02. The molecule has 1 unspecified atom stereocenters. The van der Waals surface area contributed by atoms with Crippen LogP contribution in [0.4, 0.5) is 0 Å². The topological polar surface area (TPSA) is 18.5 Å². The lowest BCUT2D eigenvalue weighted by Crippen LogP contribution is -1.99. The molecule has 102 valence electrons. The highest BCUT2D eigenvalue weighted by atomic mass is 79.9. The van der Waals surface area contributed by atoms with Crippen LogP contribution in [0, 0.1) is 0 Å². The SMILES string of the molecule is COc1cccc(OC)c1C(Cl)c1cc(Br)c(Cl)s1. The van der Waals surface area contributed by atoms with Crippen LogP contribution in [-0.2, 0) is 0 Å². The van der Waals surface area contributed by atoms with E-state index in [1.807, 2.05) is 24.3 Å². The molecule has 0 amide bonds. The van der Waals surface area contributed by atoms with Crippen molar-refractivity contribution in [1.82, 2.24) is 0 Å². The third-order valence-corrected chi connectivity index (χ3v) is 5.76. The fourth-order valence-electron chi connectivity index (χ4n) is 1.76. The highest BCUT2D eigenvalue weighted by Gasteiger charge is 2.23. The molecule has 2 rings (SSSR count). The van der Waals surface area contributed by atoms with Gasteiger partial charge in [-0.25, -0.2) is 0 Å².